The molecule has 0 saturated heterocycles. The quantitative estimate of drug-likeness (QED) is 0.854. The Labute approximate surface area is 102 Å². The number of pyridine rings is 1. The molecular formula is C13H10FNO3. The minimum absolute atomic E-state index is 0.281. The van der Waals surface area contributed by atoms with Gasteiger partial charge in [-0.2, -0.15) is 0 Å². The summed E-state index contributed by atoms with van der Waals surface area (Å²) in [7, 11) is 0. The van der Waals surface area contributed by atoms with E-state index in [9.17, 15) is 14.0 Å². The van der Waals surface area contributed by atoms with E-state index >= 15 is 0 Å². The van der Waals surface area contributed by atoms with Crippen molar-refractivity contribution in [2.75, 3.05) is 0 Å². The lowest BCUT2D eigenvalue weighted by molar-refractivity contribution is 0.0696. The summed E-state index contributed by atoms with van der Waals surface area (Å²) < 4.78 is 12.8. The van der Waals surface area contributed by atoms with Gasteiger partial charge in [-0.1, -0.05) is 12.1 Å². The summed E-state index contributed by atoms with van der Waals surface area (Å²) >= 11 is 0. The van der Waals surface area contributed by atoms with Crippen molar-refractivity contribution in [2.45, 2.75) is 6.92 Å². The molecule has 0 spiro atoms. The number of nitrogens with one attached hydrogen (secondary N) is 1. The number of aromatic amines is 1. The van der Waals surface area contributed by atoms with E-state index in [2.05, 4.69) is 4.98 Å². The van der Waals surface area contributed by atoms with Gasteiger partial charge >= 0.3 is 5.97 Å². The van der Waals surface area contributed by atoms with Crippen LogP contribution in [0.15, 0.2) is 35.1 Å². The van der Waals surface area contributed by atoms with Gasteiger partial charge in [0.25, 0.3) is 5.56 Å². The molecule has 2 aromatic rings. The molecule has 0 bridgehead atoms. The van der Waals surface area contributed by atoms with E-state index in [0.29, 0.717) is 11.3 Å². The van der Waals surface area contributed by atoms with Gasteiger partial charge in [0.2, 0.25) is 0 Å². The first-order valence-corrected chi connectivity index (χ1v) is 5.22. The number of hydrogen-bond donors (Lipinski definition) is 2. The highest BCUT2D eigenvalue weighted by Gasteiger charge is 2.16. The number of halogens is 1. The number of aromatic carboxylic acids is 1. The van der Waals surface area contributed by atoms with Crippen LogP contribution in [0.2, 0.25) is 0 Å². The molecule has 5 heteroatoms. The monoisotopic (exact) mass is 247 g/mol. The molecule has 0 saturated carbocycles. The molecule has 4 nitrogen and oxygen atoms in total. The van der Waals surface area contributed by atoms with Gasteiger partial charge in [0, 0.05) is 11.3 Å². The summed E-state index contributed by atoms with van der Waals surface area (Å²) in [5, 5.41) is 9.06. The fourth-order valence-corrected chi connectivity index (χ4v) is 1.76. The fourth-order valence-electron chi connectivity index (χ4n) is 1.76. The van der Waals surface area contributed by atoms with Crippen LogP contribution in [0.3, 0.4) is 0 Å². The van der Waals surface area contributed by atoms with Gasteiger partial charge in [-0.3, -0.25) is 4.79 Å². The average molecular weight is 247 g/mol. The van der Waals surface area contributed by atoms with Crippen LogP contribution in [-0.4, -0.2) is 16.1 Å². The first-order valence-electron chi connectivity index (χ1n) is 5.22. The van der Waals surface area contributed by atoms with Crippen LogP contribution in [0.25, 0.3) is 11.1 Å². The third-order valence-electron chi connectivity index (χ3n) is 2.54. The molecule has 0 radical (unpaired) electrons. The summed E-state index contributed by atoms with van der Waals surface area (Å²) in [6.45, 7) is 1.65. The summed E-state index contributed by atoms with van der Waals surface area (Å²) in [6, 6.07) is 6.87. The highest BCUT2D eigenvalue weighted by molar-refractivity contribution is 5.95. The Morgan fingerprint density at radius 2 is 1.89 bits per heavy atom. The summed E-state index contributed by atoms with van der Waals surface area (Å²) in [5.74, 6) is -1.73. The van der Waals surface area contributed by atoms with Gasteiger partial charge in [0.15, 0.2) is 0 Å². The first kappa shape index (κ1) is 12.0. The summed E-state index contributed by atoms with van der Waals surface area (Å²) in [6.07, 6.45) is 0. The molecule has 0 amide bonds. The topological polar surface area (TPSA) is 70.2 Å². The van der Waals surface area contributed by atoms with Crippen molar-refractivity contribution >= 4 is 5.97 Å². The number of carbonyl (C=O) groups is 1. The van der Waals surface area contributed by atoms with E-state index in [1.165, 1.54) is 24.3 Å². The van der Waals surface area contributed by atoms with Gasteiger partial charge in [-0.05, 0) is 30.7 Å². The Morgan fingerprint density at radius 3 is 2.44 bits per heavy atom. The molecule has 1 heterocycles. The second-order valence-electron chi connectivity index (χ2n) is 3.88. The first-order chi connectivity index (χ1) is 8.49. The smallest absolute Gasteiger partial charge is 0.341 e. The minimum Gasteiger partial charge on any atom is -0.477 e. The number of carboxylic acid groups (broad SMARTS) is 1. The van der Waals surface area contributed by atoms with Crippen molar-refractivity contribution in [1.29, 1.82) is 0 Å². The molecule has 92 valence electrons. The van der Waals surface area contributed by atoms with E-state index in [4.69, 9.17) is 5.11 Å². The zero-order valence-electron chi connectivity index (χ0n) is 9.53. The van der Waals surface area contributed by atoms with Gasteiger partial charge in [0.05, 0.1) is 0 Å². The maximum atomic E-state index is 12.8. The van der Waals surface area contributed by atoms with Gasteiger partial charge in [-0.15, -0.1) is 0 Å². The summed E-state index contributed by atoms with van der Waals surface area (Å²) in [5.41, 5.74) is 0.310. The van der Waals surface area contributed by atoms with Crippen LogP contribution in [0.1, 0.15) is 16.1 Å². The molecule has 0 unspecified atom stereocenters. The highest BCUT2D eigenvalue weighted by Crippen LogP contribution is 2.22. The minimum atomic E-state index is -1.31. The molecule has 1 aromatic heterocycles. The van der Waals surface area contributed by atoms with Crippen molar-refractivity contribution in [1.82, 2.24) is 4.98 Å². The molecule has 0 aliphatic rings. The second kappa shape index (κ2) is 4.44. The predicted octanol–water partition coefficient (Wildman–Crippen LogP) is 2.19. The van der Waals surface area contributed by atoms with Crippen molar-refractivity contribution < 1.29 is 14.3 Å². The van der Waals surface area contributed by atoms with Crippen molar-refractivity contribution in [3.05, 3.63) is 57.8 Å². The van der Waals surface area contributed by atoms with Crippen molar-refractivity contribution in [3.63, 3.8) is 0 Å². The van der Waals surface area contributed by atoms with Gasteiger partial charge in [0.1, 0.15) is 11.4 Å². The maximum absolute atomic E-state index is 12.8. The van der Waals surface area contributed by atoms with E-state index in [1.807, 2.05) is 0 Å². The van der Waals surface area contributed by atoms with Crippen molar-refractivity contribution in [2.24, 2.45) is 0 Å². The molecule has 0 aliphatic carbocycles. The van der Waals surface area contributed by atoms with Crippen LogP contribution in [0, 0.1) is 12.7 Å². The van der Waals surface area contributed by atoms with E-state index in [-0.39, 0.29) is 11.1 Å². The number of benzene rings is 1. The van der Waals surface area contributed by atoms with Crippen LogP contribution in [0.5, 0.6) is 0 Å². The molecule has 0 fully saturated rings. The third kappa shape index (κ3) is 2.15. The number of hydrogen-bond acceptors (Lipinski definition) is 2. The molecule has 2 rings (SSSR count). The maximum Gasteiger partial charge on any atom is 0.341 e. The van der Waals surface area contributed by atoms with Crippen molar-refractivity contribution in [3.8, 4) is 11.1 Å². The Morgan fingerprint density at radius 1 is 1.28 bits per heavy atom. The Balaban J connectivity index is 2.73. The normalized spacial score (nSPS) is 10.3. The molecule has 0 atom stereocenters. The molecular weight excluding hydrogens is 237 g/mol. The molecule has 0 aliphatic heterocycles. The van der Waals surface area contributed by atoms with Gasteiger partial charge in [-0.25, -0.2) is 9.18 Å². The van der Waals surface area contributed by atoms with E-state index < -0.39 is 17.3 Å². The number of aromatic nitrogens is 1. The van der Waals surface area contributed by atoms with Crippen LogP contribution in [-0.2, 0) is 0 Å². The van der Waals surface area contributed by atoms with Crippen LogP contribution in [0.4, 0.5) is 4.39 Å². The lowest BCUT2D eigenvalue weighted by atomic mass is 10.0. The zero-order chi connectivity index (χ0) is 13.3. The number of aryl methyl sites for hydroxylation is 1. The lowest BCUT2D eigenvalue weighted by Gasteiger charge is -2.06. The standard InChI is InChI=1S/C13H10FNO3/c1-7-6-10(8-2-4-9(14)5-3-8)11(13(17)18)12(16)15-7/h2-6H,1H3,(H,15,16)(H,17,18). The number of rotatable bonds is 2. The Kier molecular flexibility index (Phi) is 2.97. The predicted molar refractivity (Wildman–Crippen MR) is 64.2 cm³/mol. The third-order valence-corrected chi connectivity index (χ3v) is 2.54. The van der Waals surface area contributed by atoms with E-state index in [1.54, 1.807) is 13.0 Å². The van der Waals surface area contributed by atoms with Crippen LogP contribution >= 0.6 is 0 Å². The van der Waals surface area contributed by atoms with Gasteiger partial charge < -0.3 is 10.1 Å². The Hall–Kier alpha value is -2.43. The Bertz CT molecular complexity index is 659. The largest absolute Gasteiger partial charge is 0.477 e. The average Bonchev–Trinajstić information content (AvgIpc) is 2.28. The second-order valence-corrected chi connectivity index (χ2v) is 3.88. The number of H-pyrrole nitrogens is 1. The van der Waals surface area contributed by atoms with E-state index in [0.717, 1.165) is 0 Å². The molecule has 18 heavy (non-hydrogen) atoms. The molecule has 1 aromatic carbocycles. The SMILES string of the molecule is Cc1cc(-c2ccc(F)cc2)c(C(=O)O)c(=O)[nH]1. The lowest BCUT2D eigenvalue weighted by Crippen LogP contribution is -2.19. The number of carboxylic acids is 1. The highest BCUT2D eigenvalue weighted by atomic mass is 19.1. The molecule has 2 N–H and O–H groups in total. The fraction of sp³-hybridized carbons (Fsp3) is 0.0769. The zero-order valence-corrected chi connectivity index (χ0v) is 9.53. The van der Waals surface area contributed by atoms with Crippen LogP contribution < -0.4 is 5.56 Å². The summed E-state index contributed by atoms with van der Waals surface area (Å²) in [4.78, 5) is 25.2.